The van der Waals surface area contributed by atoms with Crippen LogP contribution in [0.25, 0.3) is 10.8 Å². The monoisotopic (exact) mass is 414 g/mol. The number of amides is 1. The van der Waals surface area contributed by atoms with Gasteiger partial charge in [0.05, 0.1) is 4.90 Å². The summed E-state index contributed by atoms with van der Waals surface area (Å²) < 4.78 is 27.8. The summed E-state index contributed by atoms with van der Waals surface area (Å²) in [5, 5.41) is 1.95. The highest BCUT2D eigenvalue weighted by molar-refractivity contribution is 7.89. The van der Waals surface area contributed by atoms with Gasteiger partial charge in [-0.1, -0.05) is 49.6 Å². The molecule has 0 N–H and O–H groups in total. The highest BCUT2D eigenvalue weighted by Gasteiger charge is 2.34. The van der Waals surface area contributed by atoms with Gasteiger partial charge < -0.3 is 4.90 Å². The van der Waals surface area contributed by atoms with E-state index in [-0.39, 0.29) is 11.8 Å². The lowest BCUT2D eigenvalue weighted by atomic mass is 9.91. The number of fused-ring (bicyclic) bond motifs is 1. The lowest BCUT2D eigenvalue weighted by Gasteiger charge is -2.36. The molecular formula is C23H30N2O3S. The highest BCUT2D eigenvalue weighted by atomic mass is 32.2. The Morgan fingerprint density at radius 3 is 2.28 bits per heavy atom. The van der Waals surface area contributed by atoms with E-state index in [2.05, 4.69) is 0 Å². The van der Waals surface area contributed by atoms with Crippen LogP contribution in [0.2, 0.25) is 0 Å². The fraction of sp³-hybridized carbons (Fsp3) is 0.522. The van der Waals surface area contributed by atoms with E-state index in [1.165, 1.54) is 19.3 Å². The van der Waals surface area contributed by atoms with Crippen LogP contribution >= 0.6 is 0 Å². The van der Waals surface area contributed by atoms with Crippen molar-refractivity contribution >= 4 is 26.7 Å². The van der Waals surface area contributed by atoms with Gasteiger partial charge in [0.2, 0.25) is 15.9 Å². The zero-order valence-corrected chi connectivity index (χ0v) is 17.9. The number of nitrogens with zero attached hydrogens (tertiary/aromatic N) is 2. The summed E-state index contributed by atoms with van der Waals surface area (Å²) in [6.07, 6.45) is 7.05. The van der Waals surface area contributed by atoms with Crippen LogP contribution in [0.15, 0.2) is 47.4 Å². The van der Waals surface area contributed by atoms with Crippen LogP contribution in [-0.4, -0.2) is 49.7 Å². The fourth-order valence-electron chi connectivity index (χ4n) is 4.76. The number of sulfonamides is 1. The Balaban J connectivity index is 1.42. The van der Waals surface area contributed by atoms with Gasteiger partial charge in [0, 0.05) is 32.1 Å². The van der Waals surface area contributed by atoms with Crippen molar-refractivity contribution in [1.29, 1.82) is 0 Å². The van der Waals surface area contributed by atoms with Gasteiger partial charge in [-0.05, 0) is 48.6 Å². The molecule has 0 unspecified atom stereocenters. The van der Waals surface area contributed by atoms with Gasteiger partial charge in [-0.15, -0.1) is 0 Å². The van der Waals surface area contributed by atoms with Crippen LogP contribution in [-0.2, 0) is 14.8 Å². The van der Waals surface area contributed by atoms with E-state index in [9.17, 15) is 13.2 Å². The summed E-state index contributed by atoms with van der Waals surface area (Å²) in [6, 6.07) is 13.4. The van der Waals surface area contributed by atoms with Crippen molar-refractivity contribution in [3.8, 4) is 0 Å². The van der Waals surface area contributed by atoms with Crippen LogP contribution < -0.4 is 0 Å². The van der Waals surface area contributed by atoms with E-state index in [4.69, 9.17) is 0 Å². The number of hydrogen-bond acceptors (Lipinski definition) is 3. The van der Waals surface area contributed by atoms with E-state index in [0.717, 1.165) is 23.6 Å². The summed E-state index contributed by atoms with van der Waals surface area (Å²) >= 11 is 0. The molecule has 1 aliphatic heterocycles. The minimum absolute atomic E-state index is 0.0648. The van der Waals surface area contributed by atoms with Crippen LogP contribution in [0.4, 0.5) is 0 Å². The normalized spacial score (nSPS) is 20.0. The molecule has 0 radical (unpaired) electrons. The first-order valence-corrected chi connectivity index (χ1v) is 12.2. The molecule has 1 saturated heterocycles. The van der Waals surface area contributed by atoms with E-state index < -0.39 is 10.0 Å². The van der Waals surface area contributed by atoms with Gasteiger partial charge in [-0.25, -0.2) is 8.42 Å². The van der Waals surface area contributed by atoms with Crippen molar-refractivity contribution in [2.24, 2.45) is 5.92 Å². The maximum Gasteiger partial charge on any atom is 0.243 e. The standard InChI is InChI=1S/C23H30N2O3S/c1-24(21-9-3-2-4-10-21)23(26)19-13-15-25(16-14-19)29(27,28)22-12-11-18-7-5-6-8-20(18)17-22/h5-8,11-12,17,19,21H,2-4,9-10,13-16H2,1H3. The molecule has 29 heavy (non-hydrogen) atoms. The number of carbonyl (C=O) groups is 1. The van der Waals surface area contributed by atoms with Gasteiger partial charge in [0.25, 0.3) is 0 Å². The second-order valence-corrected chi connectivity index (χ2v) is 10.4. The molecule has 1 saturated carbocycles. The minimum Gasteiger partial charge on any atom is -0.343 e. The zero-order chi connectivity index (χ0) is 20.4. The van der Waals surface area contributed by atoms with Gasteiger partial charge in [0.15, 0.2) is 0 Å². The zero-order valence-electron chi connectivity index (χ0n) is 17.1. The molecule has 2 aliphatic rings. The summed E-state index contributed by atoms with van der Waals surface area (Å²) in [6.45, 7) is 0.814. The van der Waals surface area contributed by atoms with E-state index in [1.807, 2.05) is 42.3 Å². The van der Waals surface area contributed by atoms with Crippen molar-refractivity contribution in [2.45, 2.75) is 55.9 Å². The van der Waals surface area contributed by atoms with Crippen molar-refractivity contribution in [2.75, 3.05) is 20.1 Å². The fourth-order valence-corrected chi connectivity index (χ4v) is 6.26. The molecule has 0 bridgehead atoms. The third-order valence-electron chi connectivity index (χ3n) is 6.63. The Labute approximate surface area is 173 Å². The van der Waals surface area contributed by atoms with E-state index in [0.29, 0.717) is 36.9 Å². The van der Waals surface area contributed by atoms with Crippen LogP contribution in [0.3, 0.4) is 0 Å². The third-order valence-corrected chi connectivity index (χ3v) is 8.53. The van der Waals surface area contributed by atoms with Gasteiger partial charge in [-0.3, -0.25) is 4.79 Å². The van der Waals surface area contributed by atoms with Crippen molar-refractivity contribution in [3.05, 3.63) is 42.5 Å². The molecule has 0 spiro atoms. The van der Waals surface area contributed by atoms with Crippen LogP contribution in [0.5, 0.6) is 0 Å². The van der Waals surface area contributed by atoms with Crippen LogP contribution in [0.1, 0.15) is 44.9 Å². The van der Waals surface area contributed by atoms with Crippen molar-refractivity contribution in [3.63, 3.8) is 0 Å². The first-order chi connectivity index (χ1) is 14.0. The lowest BCUT2D eigenvalue weighted by molar-refractivity contribution is -0.138. The maximum absolute atomic E-state index is 13.1. The second kappa shape index (κ2) is 8.44. The van der Waals surface area contributed by atoms with Gasteiger partial charge >= 0.3 is 0 Å². The number of piperidine rings is 1. The average molecular weight is 415 g/mol. The van der Waals surface area contributed by atoms with Gasteiger partial charge in [0.1, 0.15) is 0 Å². The molecule has 1 amide bonds. The molecule has 5 nitrogen and oxygen atoms in total. The molecule has 156 valence electrons. The van der Waals surface area contributed by atoms with Crippen molar-refractivity contribution < 1.29 is 13.2 Å². The quantitative estimate of drug-likeness (QED) is 0.759. The summed E-state index contributed by atoms with van der Waals surface area (Å²) in [7, 11) is -1.61. The molecule has 2 fully saturated rings. The van der Waals surface area contributed by atoms with Gasteiger partial charge in [-0.2, -0.15) is 4.31 Å². The van der Waals surface area contributed by atoms with Crippen LogP contribution in [0, 0.1) is 5.92 Å². The molecule has 1 aliphatic carbocycles. The second-order valence-electron chi connectivity index (χ2n) is 8.43. The Kier molecular flexibility index (Phi) is 5.93. The Hall–Kier alpha value is -1.92. The molecule has 6 heteroatoms. The predicted octanol–water partition coefficient (Wildman–Crippen LogP) is 4.03. The predicted molar refractivity (Wildman–Crippen MR) is 115 cm³/mol. The first kappa shape index (κ1) is 20.4. The molecule has 1 heterocycles. The van der Waals surface area contributed by atoms with E-state index >= 15 is 0 Å². The van der Waals surface area contributed by atoms with E-state index in [1.54, 1.807) is 16.4 Å². The average Bonchev–Trinajstić information content (AvgIpc) is 2.78. The molecule has 2 aromatic rings. The van der Waals surface area contributed by atoms with Crippen molar-refractivity contribution in [1.82, 2.24) is 9.21 Å². The topological polar surface area (TPSA) is 57.7 Å². The Morgan fingerprint density at radius 1 is 0.931 bits per heavy atom. The molecule has 0 atom stereocenters. The smallest absolute Gasteiger partial charge is 0.243 e. The molecule has 2 aromatic carbocycles. The lowest BCUT2D eigenvalue weighted by Crippen LogP contribution is -2.46. The highest BCUT2D eigenvalue weighted by Crippen LogP contribution is 2.29. The summed E-state index contributed by atoms with van der Waals surface area (Å²) in [5.74, 6) is 0.129. The molecule has 0 aromatic heterocycles. The first-order valence-electron chi connectivity index (χ1n) is 10.7. The maximum atomic E-state index is 13.1. The summed E-state index contributed by atoms with van der Waals surface area (Å²) in [4.78, 5) is 15.2. The molecular weight excluding hydrogens is 384 g/mol. The summed E-state index contributed by atoms with van der Waals surface area (Å²) in [5.41, 5.74) is 0. The number of benzene rings is 2. The minimum atomic E-state index is -3.53. The third kappa shape index (κ3) is 4.19. The Morgan fingerprint density at radius 2 is 1.59 bits per heavy atom. The number of carbonyl (C=O) groups excluding carboxylic acids is 1. The Bertz CT molecular complexity index is 975. The SMILES string of the molecule is CN(C(=O)C1CCN(S(=O)(=O)c2ccc3ccccc3c2)CC1)C1CCCCC1. The number of rotatable bonds is 4. The molecule has 4 rings (SSSR count). The number of hydrogen-bond donors (Lipinski definition) is 0. The largest absolute Gasteiger partial charge is 0.343 e.